The quantitative estimate of drug-likeness (QED) is 0.555. The molecule has 1 amide bonds. The SMILES string of the molecule is CCOc1ccc(Nc2cc(C(=O)NC3CCCCC3C)c3ccccc3n2)cc1. The zero-order chi connectivity index (χ0) is 20.9. The van der Waals surface area contributed by atoms with Gasteiger partial charge in [-0.3, -0.25) is 4.79 Å². The maximum atomic E-state index is 13.2. The van der Waals surface area contributed by atoms with E-state index in [4.69, 9.17) is 9.72 Å². The van der Waals surface area contributed by atoms with Crippen LogP contribution in [0, 0.1) is 5.92 Å². The number of para-hydroxylation sites is 1. The largest absolute Gasteiger partial charge is 0.494 e. The molecule has 30 heavy (non-hydrogen) atoms. The molecule has 3 aromatic rings. The fourth-order valence-corrected chi connectivity index (χ4v) is 4.15. The molecule has 2 aromatic carbocycles. The molecule has 156 valence electrons. The lowest BCUT2D eigenvalue weighted by atomic mass is 9.86. The van der Waals surface area contributed by atoms with Gasteiger partial charge in [0.15, 0.2) is 0 Å². The van der Waals surface area contributed by atoms with Gasteiger partial charge in [-0.15, -0.1) is 0 Å². The fraction of sp³-hybridized carbons (Fsp3) is 0.360. The smallest absolute Gasteiger partial charge is 0.252 e. The van der Waals surface area contributed by atoms with Crippen molar-refractivity contribution in [1.29, 1.82) is 0 Å². The van der Waals surface area contributed by atoms with Crippen molar-refractivity contribution in [3.8, 4) is 5.75 Å². The van der Waals surface area contributed by atoms with Gasteiger partial charge in [0, 0.05) is 17.1 Å². The molecule has 2 N–H and O–H groups in total. The van der Waals surface area contributed by atoms with Crippen LogP contribution < -0.4 is 15.4 Å². The van der Waals surface area contributed by atoms with Crippen LogP contribution in [0.1, 0.15) is 49.9 Å². The lowest BCUT2D eigenvalue weighted by molar-refractivity contribution is 0.0912. The second kappa shape index (κ2) is 9.16. The van der Waals surface area contributed by atoms with E-state index in [9.17, 15) is 4.79 Å². The normalized spacial score (nSPS) is 18.7. The average molecular weight is 404 g/mol. The van der Waals surface area contributed by atoms with Crippen LogP contribution in [0.25, 0.3) is 10.9 Å². The van der Waals surface area contributed by atoms with E-state index in [0.717, 1.165) is 28.8 Å². The monoisotopic (exact) mass is 403 g/mol. The molecule has 1 heterocycles. The van der Waals surface area contributed by atoms with Gasteiger partial charge in [-0.25, -0.2) is 4.98 Å². The maximum absolute atomic E-state index is 13.2. The van der Waals surface area contributed by atoms with E-state index in [1.54, 1.807) is 0 Å². The Kier molecular flexibility index (Phi) is 6.17. The lowest BCUT2D eigenvalue weighted by Crippen LogP contribution is -2.41. The summed E-state index contributed by atoms with van der Waals surface area (Å²) in [5, 5.41) is 7.48. The highest BCUT2D eigenvalue weighted by atomic mass is 16.5. The summed E-state index contributed by atoms with van der Waals surface area (Å²) < 4.78 is 5.50. The molecular formula is C25H29N3O2. The van der Waals surface area contributed by atoms with Crippen molar-refractivity contribution in [3.05, 3.63) is 60.2 Å². The van der Waals surface area contributed by atoms with Crippen molar-refractivity contribution in [3.63, 3.8) is 0 Å². The number of nitrogens with zero attached hydrogens (tertiary/aromatic N) is 1. The number of nitrogens with one attached hydrogen (secondary N) is 2. The van der Waals surface area contributed by atoms with E-state index in [1.807, 2.05) is 61.5 Å². The van der Waals surface area contributed by atoms with Crippen LogP contribution in [0.5, 0.6) is 5.75 Å². The Hall–Kier alpha value is -3.08. The number of benzene rings is 2. The Morgan fingerprint density at radius 2 is 1.87 bits per heavy atom. The van der Waals surface area contributed by atoms with Gasteiger partial charge in [-0.1, -0.05) is 38.0 Å². The summed E-state index contributed by atoms with van der Waals surface area (Å²) in [5.41, 5.74) is 2.36. The van der Waals surface area contributed by atoms with E-state index < -0.39 is 0 Å². The zero-order valence-electron chi connectivity index (χ0n) is 17.7. The standard InChI is InChI=1S/C25H29N3O2/c1-3-30-19-14-12-18(13-15-19)26-24-16-21(20-9-5-7-11-23(20)27-24)25(29)28-22-10-6-4-8-17(22)2/h5,7,9,11-17,22H,3-4,6,8,10H2,1-2H3,(H,26,27)(H,28,29). The first-order valence-electron chi connectivity index (χ1n) is 10.8. The third kappa shape index (κ3) is 4.56. The van der Waals surface area contributed by atoms with Crippen molar-refractivity contribution >= 4 is 28.3 Å². The number of fused-ring (bicyclic) bond motifs is 1. The minimum Gasteiger partial charge on any atom is -0.494 e. The van der Waals surface area contributed by atoms with Crippen molar-refractivity contribution in [1.82, 2.24) is 10.3 Å². The Bertz CT molecular complexity index is 1020. The zero-order valence-corrected chi connectivity index (χ0v) is 17.7. The van der Waals surface area contributed by atoms with E-state index >= 15 is 0 Å². The third-order valence-electron chi connectivity index (χ3n) is 5.83. The van der Waals surface area contributed by atoms with E-state index in [2.05, 4.69) is 17.6 Å². The van der Waals surface area contributed by atoms with Gasteiger partial charge in [0.1, 0.15) is 11.6 Å². The first-order valence-corrected chi connectivity index (χ1v) is 10.8. The summed E-state index contributed by atoms with van der Waals surface area (Å²) in [6, 6.07) is 17.6. The maximum Gasteiger partial charge on any atom is 0.252 e. The highest BCUT2D eigenvalue weighted by Gasteiger charge is 2.24. The van der Waals surface area contributed by atoms with Crippen molar-refractivity contribution in [2.75, 3.05) is 11.9 Å². The first-order chi connectivity index (χ1) is 14.6. The van der Waals surface area contributed by atoms with Crippen LogP contribution >= 0.6 is 0 Å². The second-order valence-electron chi connectivity index (χ2n) is 8.00. The molecule has 5 heteroatoms. The number of ether oxygens (including phenoxy) is 1. The van der Waals surface area contributed by atoms with Crippen LogP contribution in [0.2, 0.25) is 0 Å². The summed E-state index contributed by atoms with van der Waals surface area (Å²) in [6.07, 6.45) is 4.65. The molecule has 5 nitrogen and oxygen atoms in total. The van der Waals surface area contributed by atoms with Gasteiger partial charge in [0.25, 0.3) is 5.91 Å². The van der Waals surface area contributed by atoms with Gasteiger partial charge in [-0.2, -0.15) is 0 Å². The highest BCUT2D eigenvalue weighted by molar-refractivity contribution is 6.07. The number of carbonyl (C=O) groups excluding carboxylic acids is 1. The molecule has 4 rings (SSSR count). The van der Waals surface area contributed by atoms with Gasteiger partial charge in [-0.05, 0) is 62.1 Å². The predicted molar refractivity (Wildman–Crippen MR) is 122 cm³/mol. The number of carbonyl (C=O) groups is 1. The molecule has 1 aromatic heterocycles. The minimum absolute atomic E-state index is 0.0258. The molecular weight excluding hydrogens is 374 g/mol. The molecule has 1 saturated carbocycles. The number of anilines is 2. The van der Waals surface area contributed by atoms with Crippen LogP contribution in [0.3, 0.4) is 0 Å². The van der Waals surface area contributed by atoms with Gasteiger partial charge in [0.2, 0.25) is 0 Å². The number of rotatable bonds is 6. The van der Waals surface area contributed by atoms with Crippen molar-refractivity contribution in [2.24, 2.45) is 5.92 Å². The number of hydrogen-bond donors (Lipinski definition) is 2. The van der Waals surface area contributed by atoms with Crippen LogP contribution in [-0.2, 0) is 0 Å². The molecule has 0 aliphatic heterocycles. The highest BCUT2D eigenvalue weighted by Crippen LogP contribution is 2.27. The van der Waals surface area contributed by atoms with E-state index in [1.165, 1.54) is 19.3 Å². The summed E-state index contributed by atoms with van der Waals surface area (Å²) in [7, 11) is 0. The molecule has 1 aliphatic rings. The Morgan fingerprint density at radius 1 is 1.10 bits per heavy atom. The minimum atomic E-state index is -0.0258. The average Bonchev–Trinajstić information content (AvgIpc) is 2.76. The number of amides is 1. The first kappa shape index (κ1) is 20.2. The van der Waals surface area contributed by atoms with Crippen LogP contribution in [0.15, 0.2) is 54.6 Å². The molecule has 0 radical (unpaired) electrons. The molecule has 0 bridgehead atoms. The third-order valence-corrected chi connectivity index (χ3v) is 5.83. The van der Waals surface area contributed by atoms with Crippen molar-refractivity contribution < 1.29 is 9.53 Å². The molecule has 1 aliphatic carbocycles. The summed E-state index contributed by atoms with van der Waals surface area (Å²) >= 11 is 0. The number of pyridine rings is 1. The number of hydrogen-bond acceptors (Lipinski definition) is 4. The Labute approximate surface area is 177 Å². The van der Waals surface area contributed by atoms with Gasteiger partial charge >= 0.3 is 0 Å². The molecule has 0 spiro atoms. The lowest BCUT2D eigenvalue weighted by Gasteiger charge is -2.29. The second-order valence-corrected chi connectivity index (χ2v) is 8.00. The van der Waals surface area contributed by atoms with Crippen LogP contribution in [0.4, 0.5) is 11.5 Å². The molecule has 1 fully saturated rings. The Balaban J connectivity index is 1.61. The van der Waals surface area contributed by atoms with Gasteiger partial charge in [0.05, 0.1) is 17.7 Å². The fourth-order valence-electron chi connectivity index (χ4n) is 4.15. The topological polar surface area (TPSA) is 63.2 Å². The molecule has 0 saturated heterocycles. The Morgan fingerprint density at radius 3 is 2.63 bits per heavy atom. The van der Waals surface area contributed by atoms with Crippen LogP contribution in [-0.4, -0.2) is 23.5 Å². The summed E-state index contributed by atoms with van der Waals surface area (Å²) in [6.45, 7) is 4.83. The van der Waals surface area contributed by atoms with E-state index in [0.29, 0.717) is 23.9 Å². The summed E-state index contributed by atoms with van der Waals surface area (Å²) in [5.74, 6) is 1.97. The molecule has 2 atom stereocenters. The molecule has 2 unspecified atom stereocenters. The van der Waals surface area contributed by atoms with Crippen molar-refractivity contribution in [2.45, 2.75) is 45.6 Å². The summed E-state index contributed by atoms with van der Waals surface area (Å²) in [4.78, 5) is 17.9. The number of aromatic nitrogens is 1. The van der Waals surface area contributed by atoms with E-state index in [-0.39, 0.29) is 11.9 Å². The predicted octanol–water partition coefficient (Wildman–Crippen LogP) is 5.69. The van der Waals surface area contributed by atoms with Gasteiger partial charge < -0.3 is 15.4 Å².